The quantitative estimate of drug-likeness (QED) is 0.204. The van der Waals surface area contributed by atoms with Crippen LogP contribution in [-0.2, 0) is 10.0 Å². The fourth-order valence-corrected chi connectivity index (χ4v) is 6.53. The third kappa shape index (κ3) is 9.25. The fraction of sp³-hybridized carbons (Fsp3) is 0.741. The molecule has 0 heterocycles. The second-order valence-corrected chi connectivity index (χ2v) is 11.8. The SMILES string of the molecule is CC1C(C#N)=CC=CC1(C)S(=O)(=O)N(CCCCCCCCC#N)CCCCCCCCC#N. The summed E-state index contributed by atoms with van der Waals surface area (Å²) in [6.07, 6.45) is 18.2. The molecule has 188 valence electrons. The first-order valence-electron chi connectivity index (χ1n) is 12.9. The molecule has 0 aromatic carbocycles. The maximum absolute atomic E-state index is 13.8. The van der Waals surface area contributed by atoms with Gasteiger partial charge in [-0.25, -0.2) is 12.7 Å². The third-order valence-corrected chi connectivity index (χ3v) is 9.59. The normalized spacial score (nSPS) is 19.9. The number of unbranched alkanes of at least 4 members (excludes halogenated alkanes) is 12. The van der Waals surface area contributed by atoms with E-state index in [2.05, 4.69) is 18.2 Å². The number of sulfonamides is 1. The van der Waals surface area contributed by atoms with E-state index in [1.165, 1.54) is 0 Å². The van der Waals surface area contributed by atoms with Crippen molar-refractivity contribution >= 4 is 10.0 Å². The van der Waals surface area contributed by atoms with Crippen molar-refractivity contribution in [3.63, 3.8) is 0 Å². The van der Waals surface area contributed by atoms with Crippen LogP contribution in [0.4, 0.5) is 0 Å². The predicted molar refractivity (Wildman–Crippen MR) is 137 cm³/mol. The lowest BCUT2D eigenvalue weighted by atomic mass is 9.84. The highest BCUT2D eigenvalue weighted by Gasteiger charge is 2.47. The van der Waals surface area contributed by atoms with Crippen LogP contribution in [-0.4, -0.2) is 30.6 Å². The average molecular weight is 487 g/mol. The summed E-state index contributed by atoms with van der Waals surface area (Å²) in [5.41, 5.74) is 0.503. The standard InChI is InChI=1S/C27H42N4O2S/c1-25-26(24-30)18-17-19-27(25,2)34(32,33)31(22-15-11-7-3-5-9-13-20-28)23-16-12-8-4-6-10-14-21-29/h17-19,25H,3-16,22-23H2,1-2H3. The molecule has 0 aliphatic heterocycles. The molecule has 0 N–H and O–H groups in total. The van der Waals surface area contributed by atoms with Crippen LogP contribution in [0.1, 0.15) is 104 Å². The summed E-state index contributed by atoms with van der Waals surface area (Å²) in [6.45, 7) is 4.58. The Labute approximate surface area is 208 Å². The van der Waals surface area contributed by atoms with Crippen LogP contribution >= 0.6 is 0 Å². The first kappa shape index (κ1) is 29.9. The molecule has 6 nitrogen and oxygen atoms in total. The Morgan fingerprint density at radius 1 is 0.824 bits per heavy atom. The molecule has 34 heavy (non-hydrogen) atoms. The van der Waals surface area contributed by atoms with Gasteiger partial charge in [-0.2, -0.15) is 15.8 Å². The van der Waals surface area contributed by atoms with E-state index in [9.17, 15) is 13.7 Å². The summed E-state index contributed by atoms with van der Waals surface area (Å²) in [7, 11) is -3.64. The largest absolute Gasteiger partial charge is 0.223 e. The van der Waals surface area contributed by atoms with Gasteiger partial charge in [0.25, 0.3) is 0 Å². The van der Waals surface area contributed by atoms with E-state index >= 15 is 0 Å². The van der Waals surface area contributed by atoms with Crippen molar-refractivity contribution in [3.8, 4) is 18.2 Å². The summed E-state index contributed by atoms with van der Waals surface area (Å²) in [5, 5.41) is 26.7. The van der Waals surface area contributed by atoms with Gasteiger partial charge in [-0.15, -0.1) is 0 Å². The van der Waals surface area contributed by atoms with Crippen LogP contribution in [0.25, 0.3) is 0 Å². The van der Waals surface area contributed by atoms with Crippen molar-refractivity contribution in [2.75, 3.05) is 13.1 Å². The highest BCUT2D eigenvalue weighted by Crippen LogP contribution is 2.38. The monoisotopic (exact) mass is 486 g/mol. The van der Waals surface area contributed by atoms with Crippen molar-refractivity contribution in [1.82, 2.24) is 4.31 Å². The Balaban J connectivity index is 2.71. The summed E-state index contributed by atoms with van der Waals surface area (Å²) in [5.74, 6) is -0.393. The van der Waals surface area contributed by atoms with E-state index in [1.54, 1.807) is 29.5 Å². The summed E-state index contributed by atoms with van der Waals surface area (Å²) >= 11 is 0. The van der Waals surface area contributed by atoms with E-state index in [0.717, 1.165) is 77.0 Å². The van der Waals surface area contributed by atoms with Crippen molar-refractivity contribution < 1.29 is 8.42 Å². The van der Waals surface area contributed by atoms with Gasteiger partial charge < -0.3 is 0 Å². The molecule has 0 radical (unpaired) electrons. The second-order valence-electron chi connectivity index (χ2n) is 9.46. The number of nitriles is 3. The van der Waals surface area contributed by atoms with Gasteiger partial charge in [0.2, 0.25) is 10.0 Å². The Bertz CT molecular complexity index is 859. The molecule has 7 heteroatoms. The van der Waals surface area contributed by atoms with E-state index in [1.807, 2.05) is 6.92 Å². The number of hydrogen-bond acceptors (Lipinski definition) is 5. The van der Waals surface area contributed by atoms with E-state index in [0.29, 0.717) is 31.5 Å². The second kappa shape index (κ2) is 16.5. The Morgan fingerprint density at radius 2 is 1.26 bits per heavy atom. The minimum Gasteiger partial charge on any atom is -0.211 e. The van der Waals surface area contributed by atoms with Crippen LogP contribution in [0.3, 0.4) is 0 Å². The lowest BCUT2D eigenvalue weighted by molar-refractivity contribution is 0.362. The molecule has 1 aliphatic rings. The molecule has 0 spiro atoms. The minimum absolute atomic E-state index is 0.393. The molecule has 0 aromatic rings. The molecule has 0 fully saturated rings. The number of allylic oxidation sites excluding steroid dienone is 3. The zero-order chi connectivity index (χ0) is 25.3. The highest BCUT2D eigenvalue weighted by molar-refractivity contribution is 7.90. The molecule has 2 atom stereocenters. The van der Waals surface area contributed by atoms with Gasteiger partial charge in [-0.3, -0.25) is 0 Å². The van der Waals surface area contributed by atoms with Gasteiger partial charge in [0.1, 0.15) is 4.75 Å². The van der Waals surface area contributed by atoms with Gasteiger partial charge >= 0.3 is 0 Å². The molecule has 1 aliphatic carbocycles. The van der Waals surface area contributed by atoms with Crippen LogP contribution in [0, 0.1) is 39.9 Å². The first-order valence-corrected chi connectivity index (χ1v) is 14.3. The van der Waals surface area contributed by atoms with Gasteiger partial charge in [0.15, 0.2) is 0 Å². The molecule has 0 aromatic heterocycles. The summed E-state index contributed by atoms with van der Waals surface area (Å²) in [6, 6.07) is 6.51. The molecule has 0 amide bonds. The maximum atomic E-state index is 13.8. The third-order valence-electron chi connectivity index (χ3n) is 6.95. The molecule has 0 bridgehead atoms. The van der Waals surface area contributed by atoms with Crippen LogP contribution in [0.5, 0.6) is 0 Å². The smallest absolute Gasteiger partial charge is 0.211 e. The predicted octanol–water partition coefficient (Wildman–Crippen LogP) is 6.54. The van der Waals surface area contributed by atoms with Crippen molar-refractivity contribution in [1.29, 1.82) is 15.8 Å². The topological polar surface area (TPSA) is 109 Å². The zero-order valence-electron chi connectivity index (χ0n) is 21.1. The first-order chi connectivity index (χ1) is 16.3. The molecule has 0 saturated carbocycles. The van der Waals surface area contributed by atoms with Gasteiger partial charge in [-0.05, 0) is 38.7 Å². The van der Waals surface area contributed by atoms with Crippen LogP contribution < -0.4 is 0 Å². The summed E-state index contributed by atoms with van der Waals surface area (Å²) < 4.78 is 28.2. The Hall–Kier alpha value is -2.14. The Kier molecular flexibility index (Phi) is 14.5. The fourth-order valence-electron chi connectivity index (χ4n) is 4.41. The Morgan fingerprint density at radius 3 is 1.71 bits per heavy atom. The van der Waals surface area contributed by atoms with E-state index in [4.69, 9.17) is 10.5 Å². The highest BCUT2D eigenvalue weighted by atomic mass is 32.2. The number of hydrogen-bond donors (Lipinski definition) is 0. The maximum Gasteiger partial charge on any atom is 0.223 e. The molecular formula is C27H42N4O2S. The van der Waals surface area contributed by atoms with Crippen LogP contribution in [0.2, 0.25) is 0 Å². The zero-order valence-corrected chi connectivity index (χ0v) is 22.0. The van der Waals surface area contributed by atoms with Crippen molar-refractivity contribution in [3.05, 3.63) is 23.8 Å². The minimum atomic E-state index is -3.64. The lowest BCUT2D eigenvalue weighted by Crippen LogP contribution is -2.50. The van der Waals surface area contributed by atoms with E-state index < -0.39 is 20.7 Å². The average Bonchev–Trinajstić information content (AvgIpc) is 2.82. The number of nitrogens with zero attached hydrogens (tertiary/aromatic N) is 4. The van der Waals surface area contributed by atoms with Crippen molar-refractivity contribution in [2.45, 2.75) is 108 Å². The molecular weight excluding hydrogens is 444 g/mol. The number of rotatable bonds is 18. The van der Waals surface area contributed by atoms with E-state index in [-0.39, 0.29) is 0 Å². The van der Waals surface area contributed by atoms with Crippen molar-refractivity contribution in [2.24, 2.45) is 5.92 Å². The van der Waals surface area contributed by atoms with Gasteiger partial charge in [0, 0.05) is 37.4 Å². The van der Waals surface area contributed by atoms with Gasteiger partial charge in [0.05, 0.1) is 18.2 Å². The van der Waals surface area contributed by atoms with Gasteiger partial charge in [-0.1, -0.05) is 70.4 Å². The molecule has 2 unspecified atom stereocenters. The molecule has 0 saturated heterocycles. The molecule has 1 rings (SSSR count). The lowest BCUT2D eigenvalue weighted by Gasteiger charge is -2.38. The summed E-state index contributed by atoms with van der Waals surface area (Å²) in [4.78, 5) is 0. The van der Waals surface area contributed by atoms with Crippen LogP contribution in [0.15, 0.2) is 23.8 Å².